The lowest BCUT2D eigenvalue weighted by molar-refractivity contribution is 0.0716. The van der Waals surface area contributed by atoms with Gasteiger partial charge in [-0.1, -0.05) is 5.21 Å². The molecule has 6 heteroatoms. The smallest absolute Gasteiger partial charge is 0.156 e. The first-order valence-corrected chi connectivity index (χ1v) is 6.28. The van der Waals surface area contributed by atoms with Gasteiger partial charge in [-0.3, -0.25) is 0 Å². The topological polar surface area (TPSA) is 42.7 Å². The molecule has 0 saturated carbocycles. The fraction of sp³-hybridized carbons (Fsp3) is 0.800. The molecule has 2 atom stereocenters. The second-order valence-corrected chi connectivity index (χ2v) is 5.22. The third-order valence-corrected chi connectivity index (χ3v) is 3.85. The molecule has 2 rings (SSSR count). The lowest BCUT2D eigenvalue weighted by atomic mass is 9.83. The average Bonchev–Trinajstić information content (AvgIpc) is 2.60. The summed E-state index contributed by atoms with van der Waals surface area (Å²) in [4.78, 5) is 0. The summed E-state index contributed by atoms with van der Waals surface area (Å²) in [5.41, 5.74) is -0.869. The zero-order chi connectivity index (χ0) is 11.8. The summed E-state index contributed by atoms with van der Waals surface area (Å²) in [6.45, 7) is 3.32. The number of alkyl halides is 1. The first-order valence-electron chi connectivity index (χ1n) is 5.48. The minimum atomic E-state index is -1.40. The maximum absolute atomic E-state index is 14.9. The Morgan fingerprint density at radius 2 is 2.38 bits per heavy atom. The van der Waals surface area contributed by atoms with Crippen molar-refractivity contribution in [2.45, 2.75) is 25.4 Å². The van der Waals surface area contributed by atoms with E-state index >= 15 is 0 Å². The summed E-state index contributed by atoms with van der Waals surface area (Å²) in [5, 5.41) is 10.9. The molecule has 1 aliphatic rings. The Balaban J connectivity index is 2.29. The highest BCUT2D eigenvalue weighted by molar-refractivity contribution is 9.10. The zero-order valence-corrected chi connectivity index (χ0v) is 11.1. The Morgan fingerprint density at radius 1 is 1.62 bits per heavy atom. The van der Waals surface area contributed by atoms with E-state index in [2.05, 4.69) is 31.6 Å². The first kappa shape index (κ1) is 12.0. The van der Waals surface area contributed by atoms with Gasteiger partial charge < -0.3 is 5.32 Å². The van der Waals surface area contributed by atoms with E-state index in [9.17, 15) is 4.39 Å². The number of halogens is 2. The highest BCUT2D eigenvalue weighted by atomic mass is 79.9. The summed E-state index contributed by atoms with van der Waals surface area (Å²) in [6.07, 6.45) is 1.92. The van der Waals surface area contributed by atoms with Crippen molar-refractivity contribution in [2.24, 2.45) is 13.0 Å². The van der Waals surface area contributed by atoms with Crippen LogP contribution in [0.25, 0.3) is 0 Å². The molecule has 1 aromatic rings. The predicted octanol–water partition coefficient (Wildman–Crippen LogP) is 1.76. The van der Waals surface area contributed by atoms with Gasteiger partial charge in [-0.05, 0) is 42.2 Å². The first-order chi connectivity index (χ1) is 7.53. The van der Waals surface area contributed by atoms with Crippen molar-refractivity contribution in [1.29, 1.82) is 0 Å². The van der Waals surface area contributed by atoms with E-state index in [1.807, 2.05) is 0 Å². The van der Waals surface area contributed by atoms with Gasteiger partial charge >= 0.3 is 0 Å². The largest absolute Gasteiger partial charge is 0.316 e. The highest BCUT2D eigenvalue weighted by Gasteiger charge is 2.41. The maximum Gasteiger partial charge on any atom is 0.156 e. The number of nitrogens with one attached hydrogen (secondary N) is 1. The van der Waals surface area contributed by atoms with E-state index in [-0.39, 0.29) is 5.92 Å². The molecule has 0 aliphatic carbocycles. The van der Waals surface area contributed by atoms with Gasteiger partial charge in [0.1, 0.15) is 5.69 Å². The number of hydrogen-bond acceptors (Lipinski definition) is 3. The Kier molecular flexibility index (Phi) is 3.30. The van der Waals surface area contributed by atoms with Crippen LogP contribution in [0.4, 0.5) is 4.39 Å². The standard InChI is InChI=1S/C10H16BrFN4/c1-10(12,7-4-3-5-13-6-7)8-9(11)14-15-16(8)2/h7,13H,3-6H2,1-2H3. The normalized spacial score (nSPS) is 25.4. The lowest BCUT2D eigenvalue weighted by Crippen LogP contribution is -2.41. The van der Waals surface area contributed by atoms with Crippen LogP contribution >= 0.6 is 15.9 Å². The molecule has 16 heavy (non-hydrogen) atoms. The molecule has 1 aromatic heterocycles. The van der Waals surface area contributed by atoms with Gasteiger partial charge in [0.25, 0.3) is 0 Å². The van der Waals surface area contributed by atoms with Crippen LogP contribution in [-0.4, -0.2) is 28.1 Å². The average molecular weight is 291 g/mol. The molecule has 1 N–H and O–H groups in total. The van der Waals surface area contributed by atoms with Crippen LogP contribution in [-0.2, 0) is 12.7 Å². The lowest BCUT2D eigenvalue weighted by Gasteiger charge is -2.33. The third-order valence-electron chi connectivity index (χ3n) is 3.31. The van der Waals surface area contributed by atoms with Crippen molar-refractivity contribution < 1.29 is 4.39 Å². The number of aromatic nitrogens is 3. The Morgan fingerprint density at radius 3 is 2.88 bits per heavy atom. The van der Waals surface area contributed by atoms with Crippen molar-refractivity contribution in [2.75, 3.05) is 13.1 Å². The molecule has 0 bridgehead atoms. The van der Waals surface area contributed by atoms with Crippen LogP contribution in [0.1, 0.15) is 25.5 Å². The maximum atomic E-state index is 14.9. The molecular formula is C10H16BrFN4. The zero-order valence-electron chi connectivity index (χ0n) is 9.50. The Bertz CT molecular complexity index is 351. The van der Waals surface area contributed by atoms with Crippen molar-refractivity contribution in [3.8, 4) is 0 Å². The van der Waals surface area contributed by atoms with Gasteiger partial charge in [-0.25, -0.2) is 9.07 Å². The summed E-state index contributed by atoms with van der Waals surface area (Å²) in [5.74, 6) is -0.0188. The molecule has 2 unspecified atom stereocenters. The minimum Gasteiger partial charge on any atom is -0.316 e. The molecule has 1 aliphatic heterocycles. The fourth-order valence-electron chi connectivity index (χ4n) is 2.36. The fourth-order valence-corrected chi connectivity index (χ4v) is 3.07. The summed E-state index contributed by atoms with van der Waals surface area (Å²) in [6, 6.07) is 0. The van der Waals surface area contributed by atoms with Crippen molar-refractivity contribution >= 4 is 15.9 Å². The highest BCUT2D eigenvalue weighted by Crippen LogP contribution is 2.39. The second kappa shape index (κ2) is 4.41. The van der Waals surface area contributed by atoms with E-state index < -0.39 is 5.67 Å². The SMILES string of the molecule is Cn1nnc(Br)c1C(C)(F)C1CCCNC1. The van der Waals surface area contributed by atoms with Gasteiger partial charge in [0.05, 0.1) is 0 Å². The van der Waals surface area contributed by atoms with Crippen molar-refractivity contribution in [3.63, 3.8) is 0 Å². The van der Waals surface area contributed by atoms with Crippen LogP contribution in [0, 0.1) is 5.92 Å². The number of aryl methyl sites for hydroxylation is 1. The van der Waals surface area contributed by atoms with E-state index in [0.29, 0.717) is 16.8 Å². The quantitative estimate of drug-likeness (QED) is 0.903. The van der Waals surface area contributed by atoms with Gasteiger partial charge in [-0.2, -0.15) is 0 Å². The van der Waals surface area contributed by atoms with E-state index in [1.165, 1.54) is 4.68 Å². The molecule has 0 spiro atoms. The van der Waals surface area contributed by atoms with Gasteiger partial charge in [0.2, 0.25) is 0 Å². The number of nitrogens with zero attached hydrogens (tertiary/aromatic N) is 3. The monoisotopic (exact) mass is 290 g/mol. The van der Waals surface area contributed by atoms with Crippen LogP contribution in [0.15, 0.2) is 4.60 Å². The van der Waals surface area contributed by atoms with Gasteiger partial charge in [-0.15, -0.1) is 5.10 Å². The third kappa shape index (κ3) is 2.00. The molecule has 0 aromatic carbocycles. The molecule has 0 amide bonds. The molecule has 2 heterocycles. The molecule has 4 nitrogen and oxygen atoms in total. The summed E-state index contributed by atoms with van der Waals surface area (Å²) < 4.78 is 16.9. The summed E-state index contributed by atoms with van der Waals surface area (Å²) >= 11 is 3.26. The molecule has 1 saturated heterocycles. The van der Waals surface area contributed by atoms with Crippen LogP contribution in [0.2, 0.25) is 0 Å². The predicted molar refractivity (Wildman–Crippen MR) is 62.8 cm³/mol. The van der Waals surface area contributed by atoms with Crippen LogP contribution in [0.5, 0.6) is 0 Å². The summed E-state index contributed by atoms with van der Waals surface area (Å²) in [7, 11) is 1.72. The number of hydrogen-bond donors (Lipinski definition) is 1. The Hall–Kier alpha value is -0.490. The number of piperidine rings is 1. The molecule has 1 fully saturated rings. The van der Waals surface area contributed by atoms with Crippen molar-refractivity contribution in [3.05, 3.63) is 10.3 Å². The second-order valence-electron chi connectivity index (χ2n) is 4.47. The van der Waals surface area contributed by atoms with Crippen molar-refractivity contribution in [1.82, 2.24) is 20.3 Å². The molecular weight excluding hydrogens is 275 g/mol. The molecule has 0 radical (unpaired) electrons. The van der Waals surface area contributed by atoms with E-state index in [1.54, 1.807) is 14.0 Å². The number of rotatable bonds is 2. The van der Waals surface area contributed by atoms with Gasteiger partial charge in [0.15, 0.2) is 10.3 Å². The minimum absolute atomic E-state index is 0.0188. The molecule has 90 valence electrons. The van der Waals surface area contributed by atoms with Crippen LogP contribution < -0.4 is 5.32 Å². The van der Waals surface area contributed by atoms with E-state index in [0.717, 1.165) is 19.4 Å². The Labute approximate surface area is 103 Å². The van der Waals surface area contributed by atoms with Gasteiger partial charge in [0, 0.05) is 19.5 Å². The van der Waals surface area contributed by atoms with E-state index in [4.69, 9.17) is 0 Å². The van der Waals surface area contributed by atoms with Crippen LogP contribution in [0.3, 0.4) is 0 Å².